The predicted octanol–water partition coefficient (Wildman–Crippen LogP) is 14.6. The van der Waals surface area contributed by atoms with Gasteiger partial charge in [0.25, 0.3) is 7.82 Å². The van der Waals surface area contributed by atoms with Crippen molar-refractivity contribution in [2.45, 2.75) is 238 Å². The maximum absolute atomic E-state index is 12.7. The molecule has 0 saturated heterocycles. The highest BCUT2D eigenvalue weighted by Gasteiger charge is 2.21. The number of hydrogen-bond donors (Lipinski definition) is 0. The van der Waals surface area contributed by atoms with Gasteiger partial charge in [-0.1, -0.05) is 185 Å². The molecule has 0 aromatic heterocycles. The zero-order valence-electron chi connectivity index (χ0n) is 41.1. The van der Waals surface area contributed by atoms with Crippen LogP contribution in [-0.4, -0.2) is 70.0 Å². The molecule has 2 atom stereocenters. The van der Waals surface area contributed by atoms with E-state index in [2.05, 4.69) is 50.3 Å². The van der Waals surface area contributed by atoms with Gasteiger partial charge in [0.2, 0.25) is 0 Å². The number of carbonyl (C=O) groups is 2. The highest BCUT2D eigenvalue weighted by Crippen LogP contribution is 2.38. The summed E-state index contributed by atoms with van der Waals surface area (Å²) in [5, 5.41) is 0. The van der Waals surface area contributed by atoms with Gasteiger partial charge >= 0.3 is 11.9 Å². The zero-order chi connectivity index (χ0) is 45.7. The van der Waals surface area contributed by atoms with Crippen molar-refractivity contribution in [1.29, 1.82) is 0 Å². The molecule has 9 nitrogen and oxygen atoms in total. The largest absolute Gasteiger partial charge is 0.756 e. The minimum Gasteiger partial charge on any atom is -0.756 e. The van der Waals surface area contributed by atoms with Crippen LogP contribution in [0, 0.1) is 0 Å². The molecule has 0 heterocycles. The van der Waals surface area contributed by atoms with Gasteiger partial charge in [0.1, 0.15) is 19.8 Å². The molecule has 62 heavy (non-hydrogen) atoms. The Bertz CT molecular complexity index is 1150. The SMILES string of the molecule is CCCCCC/C=C/CCCCCCCCCC(=O)OC[C@H](COP(=O)([O-])OCC[N+](C)(C)C)OC(=O)CCC/C=C/CC/C=C/CCCCCCCCCCCCCCCC. The summed E-state index contributed by atoms with van der Waals surface area (Å²) < 4.78 is 34.0. The summed E-state index contributed by atoms with van der Waals surface area (Å²) in [6, 6.07) is 0. The van der Waals surface area contributed by atoms with Crippen molar-refractivity contribution in [1.82, 2.24) is 0 Å². The first-order chi connectivity index (χ1) is 30.0. The Hall–Kier alpha value is -1.77. The molecule has 0 fully saturated rings. The van der Waals surface area contributed by atoms with Crippen molar-refractivity contribution in [3.8, 4) is 0 Å². The summed E-state index contributed by atoms with van der Waals surface area (Å²) in [6.07, 6.45) is 51.9. The molecule has 10 heteroatoms. The lowest BCUT2D eigenvalue weighted by molar-refractivity contribution is -0.870. The molecular formula is C52H98NO8P. The van der Waals surface area contributed by atoms with E-state index in [1.54, 1.807) is 0 Å². The van der Waals surface area contributed by atoms with Gasteiger partial charge in [0, 0.05) is 12.8 Å². The van der Waals surface area contributed by atoms with Crippen molar-refractivity contribution in [3.05, 3.63) is 36.5 Å². The van der Waals surface area contributed by atoms with E-state index in [9.17, 15) is 19.0 Å². The third kappa shape index (κ3) is 47.7. The maximum Gasteiger partial charge on any atom is 0.306 e. The van der Waals surface area contributed by atoms with Crippen LogP contribution in [-0.2, 0) is 32.7 Å². The Kier molecular flexibility index (Phi) is 43.2. The van der Waals surface area contributed by atoms with Crippen LogP contribution in [0.15, 0.2) is 36.5 Å². The molecule has 0 rings (SSSR count). The topological polar surface area (TPSA) is 111 Å². The lowest BCUT2D eigenvalue weighted by atomic mass is 10.0. The number of nitrogens with zero attached hydrogens (tertiary/aromatic N) is 1. The van der Waals surface area contributed by atoms with E-state index < -0.39 is 32.5 Å². The fourth-order valence-corrected chi connectivity index (χ4v) is 7.81. The summed E-state index contributed by atoms with van der Waals surface area (Å²) >= 11 is 0. The molecule has 0 amide bonds. The summed E-state index contributed by atoms with van der Waals surface area (Å²) in [5.41, 5.74) is 0. The van der Waals surface area contributed by atoms with Gasteiger partial charge in [-0.3, -0.25) is 14.2 Å². The zero-order valence-corrected chi connectivity index (χ0v) is 42.0. The van der Waals surface area contributed by atoms with Crippen LogP contribution >= 0.6 is 7.82 Å². The van der Waals surface area contributed by atoms with Gasteiger partial charge in [-0.15, -0.1) is 0 Å². The second-order valence-electron chi connectivity index (χ2n) is 18.5. The number of allylic oxidation sites excluding steroid dienone is 6. The van der Waals surface area contributed by atoms with E-state index in [0.29, 0.717) is 17.4 Å². The third-order valence-corrected chi connectivity index (χ3v) is 12.1. The minimum atomic E-state index is -4.64. The van der Waals surface area contributed by atoms with Crippen LogP contribution in [0.1, 0.15) is 232 Å². The number of rotatable bonds is 47. The third-order valence-electron chi connectivity index (χ3n) is 11.1. The number of quaternary nitrogens is 1. The van der Waals surface area contributed by atoms with Crippen LogP contribution < -0.4 is 4.89 Å². The molecule has 0 aliphatic heterocycles. The average Bonchev–Trinajstić information content (AvgIpc) is 3.23. The van der Waals surface area contributed by atoms with Crippen molar-refractivity contribution >= 4 is 19.8 Å². The number of phosphoric ester groups is 1. The highest BCUT2D eigenvalue weighted by molar-refractivity contribution is 7.45. The highest BCUT2D eigenvalue weighted by atomic mass is 31.2. The molecule has 1 unspecified atom stereocenters. The van der Waals surface area contributed by atoms with E-state index in [-0.39, 0.29) is 26.1 Å². The molecule has 0 spiro atoms. The molecule has 0 aromatic rings. The first-order valence-electron chi connectivity index (χ1n) is 25.7. The molecule has 0 aliphatic carbocycles. The number of esters is 2. The first-order valence-corrected chi connectivity index (χ1v) is 27.2. The first kappa shape index (κ1) is 60.2. The normalized spacial score (nSPS) is 13.7. The number of ether oxygens (including phenoxy) is 2. The van der Waals surface area contributed by atoms with Crippen molar-refractivity contribution in [2.24, 2.45) is 0 Å². The minimum absolute atomic E-state index is 0.0380. The van der Waals surface area contributed by atoms with Crippen LogP contribution in [0.25, 0.3) is 0 Å². The van der Waals surface area contributed by atoms with Gasteiger partial charge in [0.05, 0.1) is 27.7 Å². The van der Waals surface area contributed by atoms with Crippen molar-refractivity contribution < 1.29 is 42.1 Å². The Labute approximate surface area is 382 Å². The standard InChI is InChI=1S/C52H98NO8P/c1-6-8-10-12-14-16-18-20-22-23-24-25-26-27-28-29-31-33-35-37-39-41-43-45-52(55)61-50(49-60-62(56,57)59-47-46-53(3,4)5)48-58-51(54)44-42-40-38-36-34-32-30-21-19-17-15-13-11-9-7-2/h17,19,29,31,37,39,50H,6-16,18,20-28,30,32-36,38,40-49H2,1-5H3/b19-17+,31-29+,39-37+/t50-/m1/s1. The molecule has 0 bridgehead atoms. The summed E-state index contributed by atoms with van der Waals surface area (Å²) in [5.74, 6) is -0.883. The van der Waals surface area contributed by atoms with Gasteiger partial charge < -0.3 is 27.9 Å². The number of carbonyl (C=O) groups excluding carboxylic acids is 2. The monoisotopic (exact) mass is 896 g/mol. The second kappa shape index (κ2) is 44.4. The van der Waals surface area contributed by atoms with Crippen LogP contribution in [0.5, 0.6) is 0 Å². The van der Waals surface area contributed by atoms with Gasteiger partial charge in [-0.2, -0.15) is 0 Å². The number of unbranched alkanes of at least 4 members (excludes halogenated alkanes) is 27. The van der Waals surface area contributed by atoms with E-state index in [4.69, 9.17) is 18.5 Å². The fourth-order valence-electron chi connectivity index (χ4n) is 7.08. The van der Waals surface area contributed by atoms with Gasteiger partial charge in [-0.05, 0) is 70.6 Å². The summed E-state index contributed by atoms with van der Waals surface area (Å²) in [7, 11) is 1.14. The smallest absolute Gasteiger partial charge is 0.306 e. The fraction of sp³-hybridized carbons (Fsp3) is 0.846. The van der Waals surface area contributed by atoms with Crippen molar-refractivity contribution in [2.75, 3.05) is 47.5 Å². The maximum atomic E-state index is 12.7. The predicted molar refractivity (Wildman–Crippen MR) is 259 cm³/mol. The Morgan fingerprint density at radius 1 is 0.484 bits per heavy atom. The molecule has 0 radical (unpaired) electrons. The second-order valence-corrected chi connectivity index (χ2v) is 19.9. The molecule has 364 valence electrons. The molecular weight excluding hydrogens is 798 g/mol. The summed E-state index contributed by atoms with van der Waals surface area (Å²) in [4.78, 5) is 37.6. The average molecular weight is 896 g/mol. The van der Waals surface area contributed by atoms with E-state index in [1.165, 1.54) is 141 Å². The quantitative estimate of drug-likeness (QED) is 0.0195. The number of hydrogen-bond acceptors (Lipinski definition) is 8. The molecule has 0 aliphatic rings. The lowest BCUT2D eigenvalue weighted by Crippen LogP contribution is -2.37. The van der Waals surface area contributed by atoms with Crippen LogP contribution in [0.3, 0.4) is 0 Å². The molecule has 0 aromatic carbocycles. The number of likely N-dealkylation sites (N-methyl/N-ethyl adjacent to an activating group) is 1. The van der Waals surface area contributed by atoms with Crippen molar-refractivity contribution in [3.63, 3.8) is 0 Å². The van der Waals surface area contributed by atoms with Gasteiger partial charge in [0.15, 0.2) is 6.10 Å². The Balaban J connectivity index is 4.28. The summed E-state index contributed by atoms with van der Waals surface area (Å²) in [6.45, 7) is 4.19. The van der Waals surface area contributed by atoms with E-state index in [0.717, 1.165) is 57.8 Å². The Morgan fingerprint density at radius 3 is 1.31 bits per heavy atom. The van der Waals surface area contributed by atoms with E-state index in [1.807, 2.05) is 21.1 Å². The van der Waals surface area contributed by atoms with Gasteiger partial charge in [-0.25, -0.2) is 0 Å². The van der Waals surface area contributed by atoms with Crippen LogP contribution in [0.2, 0.25) is 0 Å². The molecule has 0 N–H and O–H groups in total. The number of phosphoric acid groups is 1. The van der Waals surface area contributed by atoms with Crippen LogP contribution in [0.4, 0.5) is 0 Å². The van der Waals surface area contributed by atoms with E-state index >= 15 is 0 Å². The molecule has 0 saturated carbocycles. The lowest BCUT2D eigenvalue weighted by Gasteiger charge is -2.28. The Morgan fingerprint density at radius 2 is 0.855 bits per heavy atom.